The number of aromatic nitrogens is 3. The highest BCUT2D eigenvalue weighted by atomic mass is 19.3. The number of aryl methyl sites for hydroxylation is 1. The van der Waals surface area contributed by atoms with E-state index in [-0.39, 0.29) is 5.75 Å². The molecule has 0 atom stereocenters. The van der Waals surface area contributed by atoms with Crippen molar-refractivity contribution in [3.63, 3.8) is 0 Å². The zero-order valence-electron chi connectivity index (χ0n) is 10.2. The summed E-state index contributed by atoms with van der Waals surface area (Å²) in [5.74, 6) is 0.528. The summed E-state index contributed by atoms with van der Waals surface area (Å²) >= 11 is 0. The summed E-state index contributed by atoms with van der Waals surface area (Å²) in [6.07, 6.45) is 2.90. The maximum atomic E-state index is 11.9. The van der Waals surface area contributed by atoms with Crippen LogP contribution in [0.25, 0.3) is 0 Å². The summed E-state index contributed by atoms with van der Waals surface area (Å²) in [6.45, 7) is -0.577. The van der Waals surface area contributed by atoms with Crippen molar-refractivity contribution in [3.05, 3.63) is 42.0 Å². The van der Waals surface area contributed by atoms with E-state index in [4.69, 9.17) is 0 Å². The lowest BCUT2D eigenvalue weighted by atomic mass is 10.3. The Bertz CT molecular complexity index is 534. The molecule has 19 heavy (non-hydrogen) atoms. The van der Waals surface area contributed by atoms with Crippen molar-refractivity contribution in [2.75, 3.05) is 5.32 Å². The molecule has 2 aromatic heterocycles. The van der Waals surface area contributed by atoms with E-state index >= 15 is 0 Å². The molecule has 1 N–H and O–H groups in total. The summed E-state index contributed by atoms with van der Waals surface area (Å²) in [7, 11) is 0. The molecule has 0 bridgehead atoms. The van der Waals surface area contributed by atoms with Crippen LogP contribution in [0, 0.1) is 6.92 Å². The number of pyridine rings is 1. The third-order valence-corrected chi connectivity index (χ3v) is 2.25. The zero-order valence-corrected chi connectivity index (χ0v) is 10.2. The molecule has 0 radical (unpaired) electrons. The van der Waals surface area contributed by atoms with E-state index in [0.29, 0.717) is 18.2 Å². The largest absolute Gasteiger partial charge is 0.433 e. The van der Waals surface area contributed by atoms with Crippen LogP contribution in [-0.2, 0) is 6.54 Å². The van der Waals surface area contributed by atoms with Crippen molar-refractivity contribution in [2.45, 2.75) is 20.1 Å². The van der Waals surface area contributed by atoms with Gasteiger partial charge in [-0.15, -0.1) is 0 Å². The number of alkyl halides is 2. The molecule has 0 saturated heterocycles. The average Bonchev–Trinajstić information content (AvgIpc) is 2.37. The summed E-state index contributed by atoms with van der Waals surface area (Å²) < 4.78 is 28.1. The molecule has 5 nitrogen and oxygen atoms in total. The fourth-order valence-electron chi connectivity index (χ4n) is 1.39. The predicted molar refractivity (Wildman–Crippen MR) is 65.0 cm³/mol. The number of hydrogen-bond acceptors (Lipinski definition) is 5. The molecule has 7 heteroatoms. The van der Waals surface area contributed by atoms with Gasteiger partial charge in [0.25, 0.3) is 0 Å². The summed E-state index contributed by atoms with van der Waals surface area (Å²) in [5, 5.41) is 2.99. The molecular formula is C12H12F2N4O. The van der Waals surface area contributed by atoms with Gasteiger partial charge in [-0.1, -0.05) is 0 Å². The van der Waals surface area contributed by atoms with E-state index in [1.807, 2.05) is 6.92 Å². The van der Waals surface area contributed by atoms with Crippen LogP contribution >= 0.6 is 0 Å². The van der Waals surface area contributed by atoms with Crippen molar-refractivity contribution in [2.24, 2.45) is 0 Å². The number of anilines is 1. The second-order valence-corrected chi connectivity index (χ2v) is 3.74. The van der Waals surface area contributed by atoms with Crippen LogP contribution in [0.2, 0.25) is 0 Å². The molecule has 0 aromatic carbocycles. The molecule has 0 aliphatic heterocycles. The lowest BCUT2D eigenvalue weighted by Crippen LogP contribution is -2.06. The Morgan fingerprint density at radius 1 is 1.26 bits per heavy atom. The SMILES string of the molecule is Cc1ccnc(NCc2ccc(OC(F)F)cn2)n1. The molecule has 0 fully saturated rings. The minimum absolute atomic E-state index is 0.0329. The minimum atomic E-state index is -2.84. The van der Waals surface area contributed by atoms with Crippen molar-refractivity contribution >= 4 is 5.95 Å². The number of nitrogens with one attached hydrogen (secondary N) is 1. The topological polar surface area (TPSA) is 59.9 Å². The minimum Gasteiger partial charge on any atom is -0.433 e. The first kappa shape index (κ1) is 13.1. The van der Waals surface area contributed by atoms with Gasteiger partial charge in [-0.25, -0.2) is 9.97 Å². The van der Waals surface area contributed by atoms with Gasteiger partial charge in [0, 0.05) is 11.9 Å². The molecule has 2 heterocycles. The smallest absolute Gasteiger partial charge is 0.387 e. The van der Waals surface area contributed by atoms with Gasteiger partial charge in [0.1, 0.15) is 5.75 Å². The first-order valence-corrected chi connectivity index (χ1v) is 5.57. The number of ether oxygens (including phenoxy) is 1. The molecule has 0 amide bonds. The Labute approximate surface area is 108 Å². The van der Waals surface area contributed by atoms with Crippen molar-refractivity contribution in [3.8, 4) is 5.75 Å². The second-order valence-electron chi connectivity index (χ2n) is 3.74. The monoisotopic (exact) mass is 266 g/mol. The lowest BCUT2D eigenvalue weighted by Gasteiger charge is -2.06. The van der Waals surface area contributed by atoms with Gasteiger partial charge in [0.2, 0.25) is 5.95 Å². The lowest BCUT2D eigenvalue weighted by molar-refractivity contribution is -0.0500. The molecule has 0 aliphatic rings. The number of rotatable bonds is 5. The average molecular weight is 266 g/mol. The highest BCUT2D eigenvalue weighted by molar-refractivity contribution is 5.27. The summed E-state index contributed by atoms with van der Waals surface area (Å²) in [5.41, 5.74) is 1.53. The quantitative estimate of drug-likeness (QED) is 0.900. The van der Waals surface area contributed by atoms with Crippen LogP contribution in [-0.4, -0.2) is 21.6 Å². The number of nitrogens with zero attached hydrogens (tertiary/aromatic N) is 3. The third kappa shape index (κ3) is 4.13. The van der Waals surface area contributed by atoms with Crippen LogP contribution in [0.3, 0.4) is 0 Å². The van der Waals surface area contributed by atoms with Gasteiger partial charge >= 0.3 is 6.61 Å². The van der Waals surface area contributed by atoms with Gasteiger partial charge in [0.15, 0.2) is 0 Å². The van der Waals surface area contributed by atoms with Crippen LogP contribution in [0.1, 0.15) is 11.4 Å². The number of halogens is 2. The van der Waals surface area contributed by atoms with Crippen LogP contribution in [0.15, 0.2) is 30.6 Å². The Morgan fingerprint density at radius 2 is 2.11 bits per heavy atom. The first-order chi connectivity index (χ1) is 9.13. The Morgan fingerprint density at radius 3 is 2.74 bits per heavy atom. The van der Waals surface area contributed by atoms with Gasteiger partial charge in [-0.2, -0.15) is 8.78 Å². The summed E-state index contributed by atoms with van der Waals surface area (Å²) in [4.78, 5) is 12.2. The van der Waals surface area contributed by atoms with E-state index in [9.17, 15) is 8.78 Å². The van der Waals surface area contributed by atoms with E-state index < -0.39 is 6.61 Å². The first-order valence-electron chi connectivity index (χ1n) is 5.57. The zero-order chi connectivity index (χ0) is 13.7. The molecule has 0 aliphatic carbocycles. The van der Waals surface area contributed by atoms with E-state index in [0.717, 1.165) is 5.69 Å². The van der Waals surface area contributed by atoms with E-state index in [1.165, 1.54) is 12.3 Å². The number of hydrogen-bond donors (Lipinski definition) is 1. The van der Waals surface area contributed by atoms with Gasteiger partial charge in [0.05, 0.1) is 18.4 Å². The van der Waals surface area contributed by atoms with Crippen LogP contribution < -0.4 is 10.1 Å². The molecular weight excluding hydrogens is 254 g/mol. The summed E-state index contributed by atoms with van der Waals surface area (Å²) in [6, 6.07) is 4.83. The van der Waals surface area contributed by atoms with Gasteiger partial charge < -0.3 is 10.1 Å². The molecule has 0 saturated carbocycles. The Balaban J connectivity index is 1.93. The van der Waals surface area contributed by atoms with Crippen molar-refractivity contribution in [1.29, 1.82) is 0 Å². The normalized spacial score (nSPS) is 10.5. The van der Waals surface area contributed by atoms with E-state index in [1.54, 1.807) is 18.3 Å². The molecule has 100 valence electrons. The standard InChI is InChI=1S/C12H12F2N4O/c1-8-4-5-15-12(18-8)17-6-9-2-3-10(7-16-9)19-11(13)14/h2-5,7,11H,6H2,1H3,(H,15,17,18). The predicted octanol–water partition coefficient (Wildman–Crippen LogP) is 2.39. The van der Waals surface area contributed by atoms with Gasteiger partial charge in [-0.3, -0.25) is 4.98 Å². The van der Waals surface area contributed by atoms with Crippen molar-refractivity contribution < 1.29 is 13.5 Å². The maximum Gasteiger partial charge on any atom is 0.387 e. The van der Waals surface area contributed by atoms with Crippen LogP contribution in [0.5, 0.6) is 5.75 Å². The molecule has 2 aromatic rings. The maximum absolute atomic E-state index is 11.9. The van der Waals surface area contributed by atoms with Crippen molar-refractivity contribution in [1.82, 2.24) is 15.0 Å². The fraction of sp³-hybridized carbons (Fsp3) is 0.250. The third-order valence-electron chi connectivity index (χ3n) is 2.25. The highest BCUT2D eigenvalue weighted by Gasteiger charge is 2.04. The fourth-order valence-corrected chi connectivity index (χ4v) is 1.39. The van der Waals surface area contributed by atoms with E-state index in [2.05, 4.69) is 25.0 Å². The Hall–Kier alpha value is -2.31. The van der Waals surface area contributed by atoms with Crippen LogP contribution in [0.4, 0.5) is 14.7 Å². The highest BCUT2D eigenvalue weighted by Crippen LogP contribution is 2.12. The molecule has 0 unspecified atom stereocenters. The van der Waals surface area contributed by atoms with Gasteiger partial charge in [-0.05, 0) is 25.1 Å². The molecule has 0 spiro atoms. The Kier molecular flexibility index (Phi) is 4.17. The molecule has 2 rings (SSSR count). The second kappa shape index (κ2) is 6.03.